The molecule has 132 valence electrons. The van der Waals surface area contributed by atoms with Crippen LogP contribution in [-0.4, -0.2) is 37.3 Å². The van der Waals surface area contributed by atoms with Crippen molar-refractivity contribution in [1.29, 1.82) is 0 Å². The van der Waals surface area contributed by atoms with Gasteiger partial charge in [0.05, 0.1) is 6.54 Å². The van der Waals surface area contributed by atoms with Gasteiger partial charge in [-0.3, -0.25) is 0 Å². The molecule has 0 aliphatic carbocycles. The summed E-state index contributed by atoms with van der Waals surface area (Å²) in [5.41, 5.74) is 1.86. The number of hydrogen-bond donors (Lipinski definition) is 1. The quantitative estimate of drug-likeness (QED) is 0.601. The predicted octanol–water partition coefficient (Wildman–Crippen LogP) is 3.48. The number of benzene rings is 1. The zero-order valence-electron chi connectivity index (χ0n) is 14.5. The molecular weight excluding hydrogens is 348 g/mol. The second kappa shape index (κ2) is 6.64. The summed E-state index contributed by atoms with van der Waals surface area (Å²) in [6.07, 6.45) is 7.34. The lowest BCUT2D eigenvalue weighted by molar-refractivity contribution is 0.221. The number of urea groups is 1. The lowest BCUT2D eigenvalue weighted by Crippen LogP contribution is -2.30. The van der Waals surface area contributed by atoms with Crippen molar-refractivity contribution in [2.45, 2.75) is 6.54 Å². The minimum Gasteiger partial charge on any atom is -0.350 e. The predicted molar refractivity (Wildman–Crippen MR) is 103 cm³/mol. The zero-order valence-corrected chi connectivity index (χ0v) is 15.3. The first-order valence-electron chi connectivity index (χ1n) is 8.12. The second-order valence-corrected chi connectivity index (χ2v) is 7.14. The van der Waals surface area contributed by atoms with Crippen LogP contribution in [0.3, 0.4) is 0 Å². The van der Waals surface area contributed by atoms with Crippen LogP contribution < -0.4 is 5.32 Å². The minimum absolute atomic E-state index is 0.160. The van der Waals surface area contributed by atoms with E-state index in [2.05, 4.69) is 15.4 Å². The van der Waals surface area contributed by atoms with E-state index in [4.69, 9.17) is 0 Å². The summed E-state index contributed by atoms with van der Waals surface area (Å²) in [5, 5.41) is 9.05. The smallest absolute Gasteiger partial charge is 0.321 e. The molecule has 8 heteroatoms. The molecule has 7 nitrogen and oxygen atoms in total. The average Bonchev–Trinajstić information content (AvgIpc) is 3.36. The van der Waals surface area contributed by atoms with Gasteiger partial charge in [-0.15, -0.1) is 0 Å². The van der Waals surface area contributed by atoms with E-state index in [-0.39, 0.29) is 6.03 Å². The van der Waals surface area contributed by atoms with Crippen LogP contribution in [0.4, 0.5) is 10.5 Å². The van der Waals surface area contributed by atoms with Gasteiger partial charge in [0, 0.05) is 55.0 Å². The zero-order chi connectivity index (χ0) is 18.1. The highest BCUT2D eigenvalue weighted by atomic mass is 32.1. The second-order valence-electron chi connectivity index (χ2n) is 6.05. The van der Waals surface area contributed by atoms with Crippen molar-refractivity contribution in [2.24, 2.45) is 7.05 Å². The van der Waals surface area contributed by atoms with Gasteiger partial charge in [-0.25, -0.2) is 14.5 Å². The van der Waals surface area contributed by atoms with Crippen molar-refractivity contribution < 1.29 is 4.79 Å². The van der Waals surface area contributed by atoms with Crippen LogP contribution in [0.2, 0.25) is 0 Å². The Morgan fingerprint density at radius 1 is 1.31 bits per heavy atom. The molecule has 0 unspecified atom stereocenters. The third-order valence-electron chi connectivity index (χ3n) is 4.12. The molecule has 0 saturated heterocycles. The van der Waals surface area contributed by atoms with Gasteiger partial charge in [0.15, 0.2) is 0 Å². The molecular formula is C18H18N6OS. The third kappa shape index (κ3) is 3.18. The van der Waals surface area contributed by atoms with E-state index < -0.39 is 0 Å². The maximum absolute atomic E-state index is 12.5. The van der Waals surface area contributed by atoms with Gasteiger partial charge in [0.25, 0.3) is 0 Å². The minimum atomic E-state index is -0.160. The SMILES string of the molecule is CN(Cc1cnc(-n2cccn2)s1)C(=O)Nc1ccc2ccn(C)c2c1. The highest BCUT2D eigenvalue weighted by Crippen LogP contribution is 2.21. The fourth-order valence-corrected chi connectivity index (χ4v) is 3.63. The number of hydrogen-bond acceptors (Lipinski definition) is 4. The van der Waals surface area contributed by atoms with E-state index in [1.54, 1.807) is 29.0 Å². The fraction of sp³-hybridized carbons (Fsp3) is 0.167. The number of fused-ring (bicyclic) bond motifs is 1. The number of nitrogens with one attached hydrogen (secondary N) is 1. The number of nitrogens with zero attached hydrogens (tertiary/aromatic N) is 5. The number of anilines is 1. The molecule has 26 heavy (non-hydrogen) atoms. The Morgan fingerprint density at radius 2 is 2.19 bits per heavy atom. The van der Waals surface area contributed by atoms with E-state index in [0.29, 0.717) is 6.54 Å². The van der Waals surface area contributed by atoms with Crippen LogP contribution in [-0.2, 0) is 13.6 Å². The average molecular weight is 366 g/mol. The van der Waals surface area contributed by atoms with E-state index in [9.17, 15) is 4.79 Å². The normalized spacial score (nSPS) is 11.0. The standard InChI is InChI=1S/C18H18N6OS/c1-22-9-6-13-4-5-14(10-16(13)22)21-17(25)23(2)12-15-11-19-18(26-15)24-8-3-7-20-24/h3-11H,12H2,1-2H3,(H,21,25). The number of carbonyl (C=O) groups excluding carboxylic acids is 1. The third-order valence-corrected chi connectivity index (χ3v) is 5.09. The first-order valence-corrected chi connectivity index (χ1v) is 8.94. The first-order chi connectivity index (χ1) is 12.6. The summed E-state index contributed by atoms with van der Waals surface area (Å²) in [6.45, 7) is 0.483. The summed E-state index contributed by atoms with van der Waals surface area (Å²) in [5.74, 6) is 0. The number of aromatic nitrogens is 4. The molecule has 0 saturated carbocycles. The molecule has 2 amide bonds. The van der Waals surface area contributed by atoms with Crippen LogP contribution in [0.1, 0.15) is 4.88 Å². The summed E-state index contributed by atoms with van der Waals surface area (Å²) < 4.78 is 3.74. The van der Waals surface area contributed by atoms with Crippen molar-refractivity contribution in [1.82, 2.24) is 24.2 Å². The number of rotatable bonds is 4. The Hall–Kier alpha value is -3.13. The van der Waals surface area contributed by atoms with Crippen LogP contribution in [0.5, 0.6) is 0 Å². The monoisotopic (exact) mass is 366 g/mol. The molecule has 0 aliphatic heterocycles. The summed E-state index contributed by atoms with van der Waals surface area (Å²) in [7, 11) is 3.75. The number of aryl methyl sites for hydroxylation is 1. The van der Waals surface area contributed by atoms with Gasteiger partial charge < -0.3 is 14.8 Å². The molecule has 4 rings (SSSR count). The molecule has 0 radical (unpaired) electrons. The van der Waals surface area contributed by atoms with Crippen LogP contribution in [0.25, 0.3) is 16.0 Å². The molecule has 4 aromatic rings. The summed E-state index contributed by atoms with van der Waals surface area (Å²) >= 11 is 1.51. The van der Waals surface area contributed by atoms with Crippen molar-refractivity contribution in [2.75, 3.05) is 12.4 Å². The number of amides is 2. The van der Waals surface area contributed by atoms with Crippen molar-refractivity contribution >= 4 is 34.0 Å². The molecule has 3 aromatic heterocycles. The Morgan fingerprint density at radius 3 is 3.00 bits per heavy atom. The topological polar surface area (TPSA) is 68.0 Å². The lowest BCUT2D eigenvalue weighted by Gasteiger charge is -2.17. The van der Waals surface area contributed by atoms with Crippen LogP contribution in [0, 0.1) is 0 Å². The Labute approximate surface area is 154 Å². The van der Waals surface area contributed by atoms with E-state index in [0.717, 1.165) is 26.6 Å². The molecule has 0 spiro atoms. The molecule has 0 fully saturated rings. The lowest BCUT2D eigenvalue weighted by atomic mass is 10.2. The molecule has 1 aromatic carbocycles. The largest absolute Gasteiger partial charge is 0.350 e. The van der Waals surface area contributed by atoms with Gasteiger partial charge in [0.1, 0.15) is 0 Å². The maximum atomic E-state index is 12.5. The van der Waals surface area contributed by atoms with Crippen molar-refractivity contribution in [3.63, 3.8) is 0 Å². The Kier molecular flexibility index (Phi) is 4.18. The van der Waals surface area contributed by atoms with Gasteiger partial charge >= 0.3 is 6.03 Å². The van der Waals surface area contributed by atoms with Crippen molar-refractivity contribution in [3.8, 4) is 5.13 Å². The van der Waals surface area contributed by atoms with Gasteiger partial charge in [0.2, 0.25) is 5.13 Å². The van der Waals surface area contributed by atoms with Gasteiger partial charge in [-0.05, 0) is 29.7 Å². The van der Waals surface area contributed by atoms with Gasteiger partial charge in [-0.1, -0.05) is 17.4 Å². The highest BCUT2D eigenvalue weighted by Gasteiger charge is 2.13. The van der Waals surface area contributed by atoms with Crippen LogP contribution in [0.15, 0.2) is 55.1 Å². The number of carbonyl (C=O) groups is 1. The summed E-state index contributed by atoms with van der Waals surface area (Å²) in [4.78, 5) is 19.5. The Bertz CT molecular complexity index is 1050. The van der Waals surface area contributed by atoms with Crippen molar-refractivity contribution in [3.05, 3.63) is 60.0 Å². The molecule has 3 heterocycles. The van der Waals surface area contributed by atoms with Crippen LogP contribution >= 0.6 is 11.3 Å². The fourth-order valence-electron chi connectivity index (χ4n) is 2.72. The van der Waals surface area contributed by atoms with Gasteiger partial charge in [-0.2, -0.15) is 5.10 Å². The number of thiazole rings is 1. The summed E-state index contributed by atoms with van der Waals surface area (Å²) in [6, 6.07) is 9.63. The molecule has 0 bridgehead atoms. The Balaban J connectivity index is 1.43. The first kappa shape index (κ1) is 16.3. The van der Waals surface area contributed by atoms with E-state index in [1.807, 2.05) is 54.3 Å². The molecule has 1 N–H and O–H groups in total. The van der Waals surface area contributed by atoms with E-state index in [1.165, 1.54) is 11.3 Å². The maximum Gasteiger partial charge on any atom is 0.321 e. The molecule has 0 atom stereocenters. The highest BCUT2D eigenvalue weighted by molar-refractivity contribution is 7.14. The van der Waals surface area contributed by atoms with E-state index >= 15 is 0 Å². The molecule has 0 aliphatic rings.